The fourth-order valence-corrected chi connectivity index (χ4v) is 18.7. The molecular formula is C103H107BBr2Cl2N16O14. The molecule has 3 aliphatic carbocycles. The Hall–Kier alpha value is -12.5. The van der Waals surface area contributed by atoms with Crippen LogP contribution in [0.5, 0.6) is 46.0 Å². The maximum Gasteiger partial charge on any atom is 0.490 e. The number of nitrogens with zero attached hydrogens (tertiary/aromatic N) is 12. The number of halogens is 4. The zero-order valence-corrected chi connectivity index (χ0v) is 81.5. The van der Waals surface area contributed by atoms with Crippen LogP contribution in [0.1, 0.15) is 109 Å². The molecule has 0 bridgehead atoms. The smallest absolute Gasteiger partial charge is 0.457 e. The summed E-state index contributed by atoms with van der Waals surface area (Å²) in [6, 6.07) is 70.3. The van der Waals surface area contributed by atoms with Crippen molar-refractivity contribution in [1.29, 1.82) is 0 Å². The normalized spacial score (nSPS) is 16.7. The van der Waals surface area contributed by atoms with Crippen molar-refractivity contribution >= 4 is 130 Å². The minimum absolute atomic E-state index is 0. The summed E-state index contributed by atoms with van der Waals surface area (Å²) in [5.74, 6) is 6.84. The molecule has 138 heavy (non-hydrogen) atoms. The first-order chi connectivity index (χ1) is 65.7. The van der Waals surface area contributed by atoms with Crippen LogP contribution >= 0.6 is 55.9 Å². The van der Waals surface area contributed by atoms with Gasteiger partial charge >= 0.3 is 7.12 Å². The van der Waals surface area contributed by atoms with Gasteiger partial charge in [0.05, 0.1) is 65.3 Å². The van der Waals surface area contributed by atoms with Gasteiger partial charge in [-0.1, -0.05) is 96.5 Å². The van der Waals surface area contributed by atoms with Crippen molar-refractivity contribution in [3.8, 4) is 68.7 Å². The number of benzene rings is 8. The Morgan fingerprint density at radius 3 is 1.09 bits per heavy atom. The van der Waals surface area contributed by atoms with E-state index in [-0.39, 0.29) is 53.9 Å². The van der Waals surface area contributed by atoms with E-state index in [1.54, 1.807) is 6.33 Å². The first-order valence-electron chi connectivity index (χ1n) is 44.7. The van der Waals surface area contributed by atoms with Crippen molar-refractivity contribution in [3.63, 3.8) is 0 Å². The summed E-state index contributed by atoms with van der Waals surface area (Å²) >= 11 is 13.3. The molecule has 35 heteroatoms. The number of fused-ring (bicyclic) bond motifs is 4. The quantitative estimate of drug-likeness (QED) is 0.0470. The van der Waals surface area contributed by atoms with Crippen LogP contribution in [0, 0.1) is 0 Å². The molecule has 0 amide bonds. The molecule has 3 spiro atoms. The SMILES string of the molecule is CC1(C)OB(C2=CCC3(CC2)OCCO3)OC1(C)C.CO.Cl.Clc1ncnc2c(Br)cn(-c3ccc(Oc4ccccc4)cc3)c12.N.Nc1ncnc2c(Br)cn(-c3ccc(Oc4ccccc4)cc3)c12.Nc1ncnc2c(C3=CCC4(CC3)OCCO4)cn(-c3ccc(Oc4ccccc4)cc3)c12.Nc1ncnc2c(C3CCC4(CC3)OCCO4)cn(-c3ccc(Oc4ccccc4)cc3)c12.O. The van der Waals surface area contributed by atoms with Crippen LogP contribution in [0.3, 0.4) is 0 Å². The molecule has 12 N–H and O–H groups in total. The molecule has 4 saturated heterocycles. The molecule has 16 aromatic rings. The Bertz CT molecular complexity index is 6670. The number of hydrogen-bond acceptors (Lipinski definition) is 25. The molecule has 23 rings (SSSR count). The lowest BCUT2D eigenvalue weighted by molar-refractivity contribution is -0.178. The summed E-state index contributed by atoms with van der Waals surface area (Å²) in [5, 5.41) is 7.41. The molecular weight excluding hydrogens is 1930 g/mol. The van der Waals surface area contributed by atoms with Gasteiger partial charge in [0, 0.05) is 98.7 Å². The lowest BCUT2D eigenvalue weighted by Crippen LogP contribution is -2.41. The number of ether oxygens (including phenoxy) is 10. The van der Waals surface area contributed by atoms with Crippen LogP contribution < -0.4 is 42.3 Å². The number of rotatable bonds is 15. The van der Waals surface area contributed by atoms with E-state index < -0.39 is 5.79 Å². The summed E-state index contributed by atoms with van der Waals surface area (Å²) < 4.78 is 80.5. The highest BCUT2D eigenvalue weighted by Crippen LogP contribution is 2.48. The van der Waals surface area contributed by atoms with E-state index in [9.17, 15) is 0 Å². The van der Waals surface area contributed by atoms with Gasteiger partial charge in [0.15, 0.2) is 40.0 Å². The number of aliphatic hydroxyl groups is 1. The average molecular weight is 2030 g/mol. The Kier molecular flexibility index (Phi) is 31.9. The van der Waals surface area contributed by atoms with Gasteiger partial charge in [-0.05, 0) is 253 Å². The molecule has 30 nitrogen and oxygen atoms in total. The monoisotopic (exact) mass is 2030 g/mol. The van der Waals surface area contributed by atoms with Gasteiger partial charge in [0.25, 0.3) is 0 Å². The van der Waals surface area contributed by atoms with Crippen LogP contribution in [-0.4, -0.2) is 151 Å². The van der Waals surface area contributed by atoms with E-state index in [2.05, 4.69) is 133 Å². The lowest BCUT2D eigenvalue weighted by Gasteiger charge is -2.35. The Labute approximate surface area is 826 Å². The molecule has 0 unspecified atom stereocenters. The number of aliphatic hydroxyl groups excluding tert-OH is 1. The molecule has 4 aliphatic heterocycles. The molecule has 0 atom stereocenters. The van der Waals surface area contributed by atoms with E-state index in [0.29, 0.717) is 68.2 Å². The Morgan fingerprint density at radius 2 is 0.703 bits per heavy atom. The summed E-state index contributed by atoms with van der Waals surface area (Å²) in [5.41, 5.74) is 33.2. The predicted octanol–water partition coefficient (Wildman–Crippen LogP) is 22.3. The summed E-state index contributed by atoms with van der Waals surface area (Å²) in [6.45, 7) is 12.5. The largest absolute Gasteiger partial charge is 0.490 e. The number of anilines is 3. The zero-order valence-electron chi connectivity index (χ0n) is 76.7. The van der Waals surface area contributed by atoms with Crippen LogP contribution in [0.25, 0.3) is 72.5 Å². The van der Waals surface area contributed by atoms with Crippen molar-refractivity contribution in [3.05, 3.63) is 311 Å². The van der Waals surface area contributed by atoms with Crippen molar-refractivity contribution in [2.45, 2.75) is 126 Å². The second kappa shape index (κ2) is 44.1. The summed E-state index contributed by atoms with van der Waals surface area (Å²) in [6.07, 6.45) is 27.3. The van der Waals surface area contributed by atoms with Gasteiger partial charge in [0.1, 0.15) is 110 Å². The maximum atomic E-state index is 7.00. The van der Waals surface area contributed by atoms with Gasteiger partial charge in [0.2, 0.25) is 0 Å². The van der Waals surface area contributed by atoms with E-state index in [1.165, 1.54) is 35.6 Å². The number of para-hydroxylation sites is 4. The van der Waals surface area contributed by atoms with Crippen LogP contribution in [0.2, 0.25) is 5.15 Å². The first-order valence-corrected chi connectivity index (χ1v) is 46.7. The Balaban J connectivity index is 0.000000131. The standard InChI is InChI=1S/C26H26N4O3.C26H24N4O3.C18H11BrClN3O.C18H13BrN4O.C14H23BO4.CH4O.ClH.H3N.H2O/c2*27-25-24-23(28-17-29-25)22(18-10-12-26(13-11-18)31-14-15-32-26)16-30(24)19-6-8-21(9-7-19)33-20-4-2-1-3-5-20;2*19-15-10-23(17-16(15)21-11-22-18(17)20)12-6-8-14(9-7-12)24-13-4-2-1-3-5-13;1-12(2)13(3,4)19-15(18-12)11-5-7-14(8-6-11)16-9-10-17-14;1-2;;;/h1-9,16-18H,10-15H2,(H2,27,28,29);1-10,16-17H,11-15H2,(H2,27,28,29);1-11H;1-11H,(H2,20,21,22);5H,6-10H2,1-4H3;2H,1H3;1H;1H3;1H2. The highest BCUT2D eigenvalue weighted by molar-refractivity contribution is 9.11. The minimum Gasteiger partial charge on any atom is -0.457 e. The van der Waals surface area contributed by atoms with E-state index in [0.717, 1.165) is 199 Å². The number of aromatic nitrogens is 12. The molecule has 8 aromatic heterocycles. The third kappa shape index (κ3) is 22.1. The predicted molar refractivity (Wildman–Crippen MR) is 544 cm³/mol. The second-order valence-electron chi connectivity index (χ2n) is 34.0. The van der Waals surface area contributed by atoms with Crippen LogP contribution in [0.4, 0.5) is 17.5 Å². The van der Waals surface area contributed by atoms with Gasteiger partial charge in [-0.3, -0.25) is 0 Å². The van der Waals surface area contributed by atoms with E-state index in [4.69, 9.17) is 90.6 Å². The fraction of sp³-hybridized carbons (Fsp3) is 0.262. The number of hydrogen-bond donors (Lipinski definition) is 5. The molecule has 8 aromatic carbocycles. The zero-order chi connectivity index (χ0) is 93.3. The highest BCUT2D eigenvalue weighted by atomic mass is 79.9. The highest BCUT2D eigenvalue weighted by Gasteiger charge is 2.54. The molecule has 5 fully saturated rings. The first kappa shape index (κ1) is 99.9. The van der Waals surface area contributed by atoms with Crippen molar-refractivity contribution in [1.82, 2.24) is 64.3 Å². The van der Waals surface area contributed by atoms with Crippen LogP contribution in [0.15, 0.2) is 295 Å². The second-order valence-corrected chi connectivity index (χ2v) is 36.1. The number of nitrogens with two attached hydrogens (primary N) is 3. The van der Waals surface area contributed by atoms with Gasteiger partial charge < -0.3 is 109 Å². The molecule has 0 radical (unpaired) electrons. The van der Waals surface area contributed by atoms with Gasteiger partial charge in [-0.2, -0.15) is 0 Å². The van der Waals surface area contributed by atoms with Crippen molar-refractivity contribution in [2.24, 2.45) is 0 Å². The molecule has 714 valence electrons. The maximum absolute atomic E-state index is 7.00. The van der Waals surface area contributed by atoms with E-state index in [1.807, 2.05) is 240 Å². The molecule has 1 saturated carbocycles. The topological polar surface area (TPSA) is 398 Å². The number of allylic oxidation sites excluding steroid dienone is 2. The summed E-state index contributed by atoms with van der Waals surface area (Å²) in [7, 11) is 0.781. The third-order valence-electron chi connectivity index (χ3n) is 25.1. The van der Waals surface area contributed by atoms with Crippen molar-refractivity contribution in [2.75, 3.05) is 64.0 Å². The molecule has 7 aliphatic rings. The minimum atomic E-state index is -0.454. The van der Waals surface area contributed by atoms with Gasteiger partial charge in [-0.15, -0.1) is 12.4 Å². The van der Waals surface area contributed by atoms with E-state index >= 15 is 0 Å². The fourth-order valence-electron chi connectivity index (χ4n) is 17.5. The third-order valence-corrected chi connectivity index (χ3v) is 26.5. The summed E-state index contributed by atoms with van der Waals surface area (Å²) in [4.78, 5) is 34.4. The number of nitrogen functional groups attached to an aromatic ring is 3. The van der Waals surface area contributed by atoms with Crippen molar-refractivity contribution < 1.29 is 67.3 Å². The lowest BCUT2D eigenvalue weighted by atomic mass is 9.71. The Morgan fingerprint density at radius 1 is 0.384 bits per heavy atom. The molecule has 12 heterocycles. The van der Waals surface area contributed by atoms with Gasteiger partial charge in [-0.25, -0.2) is 39.9 Å². The van der Waals surface area contributed by atoms with Crippen LogP contribution in [-0.2, 0) is 37.7 Å². The average Bonchev–Trinajstić information content (AvgIpc) is 1.60.